The van der Waals surface area contributed by atoms with Crippen molar-refractivity contribution in [1.82, 2.24) is 19.7 Å². The zero-order valence-electron chi connectivity index (χ0n) is 17.0. The topological polar surface area (TPSA) is 75.9 Å². The van der Waals surface area contributed by atoms with Crippen molar-refractivity contribution in [3.63, 3.8) is 0 Å². The molecular weight excluding hydrogens is 455 g/mol. The Balaban J connectivity index is 1.52. The van der Waals surface area contributed by atoms with Gasteiger partial charge in [0.15, 0.2) is 11.0 Å². The van der Waals surface area contributed by atoms with Gasteiger partial charge in [-0.15, -0.1) is 10.2 Å². The van der Waals surface area contributed by atoms with Crippen molar-refractivity contribution >= 4 is 52.6 Å². The van der Waals surface area contributed by atoms with E-state index < -0.39 is 0 Å². The zero-order chi connectivity index (χ0) is 21.8. The molecule has 1 amide bonds. The Kier molecular flexibility index (Phi) is 6.99. The van der Waals surface area contributed by atoms with E-state index in [0.29, 0.717) is 26.6 Å². The summed E-state index contributed by atoms with van der Waals surface area (Å²) < 4.78 is 2.01. The molecule has 1 N–H and O–H groups in total. The lowest BCUT2D eigenvalue weighted by atomic mass is 10.1. The Hall–Kier alpha value is -2.29. The smallest absolute Gasteiger partial charge is 0.236 e. The summed E-state index contributed by atoms with van der Waals surface area (Å²) in [6.45, 7) is 3.69. The molecule has 4 rings (SSSR count). The molecule has 7 nitrogen and oxygen atoms in total. The predicted molar refractivity (Wildman–Crippen MR) is 126 cm³/mol. The van der Waals surface area contributed by atoms with Gasteiger partial charge >= 0.3 is 0 Å². The van der Waals surface area contributed by atoms with Gasteiger partial charge in [0.2, 0.25) is 11.9 Å². The summed E-state index contributed by atoms with van der Waals surface area (Å²) in [7, 11) is 0. The lowest BCUT2D eigenvalue weighted by molar-refractivity contribution is -0.113. The zero-order valence-corrected chi connectivity index (χ0v) is 19.3. The van der Waals surface area contributed by atoms with Crippen LogP contribution in [0.15, 0.2) is 41.7 Å². The molecule has 10 heteroatoms. The predicted octanol–water partition coefficient (Wildman–Crippen LogP) is 5.00. The molecule has 1 aliphatic heterocycles. The second-order valence-electron chi connectivity index (χ2n) is 7.23. The van der Waals surface area contributed by atoms with Gasteiger partial charge in [-0.1, -0.05) is 53.2 Å². The number of amides is 1. The van der Waals surface area contributed by atoms with Crippen molar-refractivity contribution in [3.8, 4) is 5.69 Å². The second-order valence-corrected chi connectivity index (χ2v) is 8.96. The van der Waals surface area contributed by atoms with Crippen molar-refractivity contribution in [1.29, 1.82) is 0 Å². The normalized spacial score (nSPS) is 14.0. The molecule has 2 aromatic heterocycles. The number of hydrogen-bond acceptors (Lipinski definition) is 6. The molecule has 0 radical (unpaired) electrons. The number of para-hydroxylation sites is 1. The maximum absolute atomic E-state index is 12.6. The Bertz CT molecular complexity index is 1070. The number of carbonyl (C=O) groups is 1. The fourth-order valence-electron chi connectivity index (χ4n) is 3.40. The maximum atomic E-state index is 12.6. The van der Waals surface area contributed by atoms with E-state index >= 15 is 0 Å². The third-order valence-corrected chi connectivity index (χ3v) is 6.83. The highest BCUT2D eigenvalue weighted by atomic mass is 35.5. The van der Waals surface area contributed by atoms with Crippen molar-refractivity contribution < 1.29 is 4.79 Å². The van der Waals surface area contributed by atoms with Crippen LogP contribution >= 0.6 is 35.0 Å². The molecular formula is C21H22Cl2N6OS. The van der Waals surface area contributed by atoms with Crippen molar-refractivity contribution in [3.05, 3.63) is 52.1 Å². The van der Waals surface area contributed by atoms with Crippen molar-refractivity contribution in [2.75, 3.05) is 29.1 Å². The summed E-state index contributed by atoms with van der Waals surface area (Å²) in [5.41, 5.74) is 1.64. The average molecular weight is 477 g/mol. The molecule has 1 fully saturated rings. The van der Waals surface area contributed by atoms with Crippen LogP contribution in [0.5, 0.6) is 0 Å². The van der Waals surface area contributed by atoms with Gasteiger partial charge in [0, 0.05) is 19.3 Å². The van der Waals surface area contributed by atoms with E-state index in [0.717, 1.165) is 37.6 Å². The number of benzene rings is 1. The molecule has 3 aromatic rings. The van der Waals surface area contributed by atoms with Gasteiger partial charge in [-0.3, -0.25) is 9.36 Å². The molecule has 0 atom stereocenters. The van der Waals surface area contributed by atoms with E-state index in [2.05, 4.69) is 25.4 Å². The summed E-state index contributed by atoms with van der Waals surface area (Å²) in [6, 6.07) is 9.96. The summed E-state index contributed by atoms with van der Waals surface area (Å²) in [6.07, 6.45) is 4.99. The number of nitrogens with zero attached hydrogens (tertiary/aromatic N) is 5. The third kappa shape index (κ3) is 4.97. The molecule has 1 aromatic carbocycles. The summed E-state index contributed by atoms with van der Waals surface area (Å²) in [4.78, 5) is 18.9. The molecule has 3 heterocycles. The number of hydrogen-bond donors (Lipinski definition) is 1. The van der Waals surface area contributed by atoms with E-state index in [1.807, 2.05) is 34.9 Å². The minimum Gasteiger partial charge on any atom is -0.341 e. The van der Waals surface area contributed by atoms with E-state index in [4.69, 9.17) is 23.2 Å². The van der Waals surface area contributed by atoms with Gasteiger partial charge in [-0.05, 0) is 43.9 Å². The van der Waals surface area contributed by atoms with Crippen molar-refractivity contribution in [2.45, 2.75) is 31.3 Å². The molecule has 0 spiro atoms. The minimum atomic E-state index is -0.233. The highest BCUT2D eigenvalue weighted by molar-refractivity contribution is 7.99. The van der Waals surface area contributed by atoms with E-state index in [9.17, 15) is 4.79 Å². The number of carbonyl (C=O) groups excluding carboxylic acids is 1. The Labute approximate surface area is 195 Å². The molecule has 0 saturated carbocycles. The van der Waals surface area contributed by atoms with Gasteiger partial charge in [-0.2, -0.15) is 0 Å². The first-order valence-corrected chi connectivity index (χ1v) is 11.8. The van der Waals surface area contributed by atoms with E-state index in [-0.39, 0.29) is 11.7 Å². The SMILES string of the molecule is Cc1c(Cl)cnc(NC(=O)CSc2nnc(N3CCCCC3)n2-c2ccccc2)c1Cl. The second kappa shape index (κ2) is 9.89. The van der Waals surface area contributed by atoms with Crippen LogP contribution in [-0.4, -0.2) is 44.5 Å². The first-order chi connectivity index (χ1) is 15.0. The molecule has 0 unspecified atom stereocenters. The van der Waals surface area contributed by atoms with Crippen LogP contribution in [0.2, 0.25) is 10.0 Å². The Morgan fingerprint density at radius 2 is 1.87 bits per heavy atom. The van der Waals surface area contributed by atoms with E-state index in [1.165, 1.54) is 24.4 Å². The first kappa shape index (κ1) is 21.9. The molecule has 1 saturated heterocycles. The number of aromatic nitrogens is 4. The number of thioether (sulfide) groups is 1. The van der Waals surface area contributed by atoms with Gasteiger partial charge in [0.25, 0.3) is 0 Å². The lowest BCUT2D eigenvalue weighted by Crippen LogP contribution is -2.31. The number of anilines is 2. The standard InChI is InChI=1S/C21H22Cl2N6OS/c1-14-16(22)12-24-19(18(14)23)25-17(30)13-31-21-27-26-20(28-10-6-3-7-11-28)29(21)15-8-4-2-5-9-15/h2,4-5,8-9,12H,3,6-7,10-11,13H2,1H3,(H,24,25,30). The van der Waals surface area contributed by atoms with Crippen LogP contribution in [-0.2, 0) is 4.79 Å². The monoisotopic (exact) mass is 476 g/mol. The third-order valence-electron chi connectivity index (χ3n) is 5.06. The van der Waals surface area contributed by atoms with E-state index in [1.54, 1.807) is 6.92 Å². The lowest BCUT2D eigenvalue weighted by Gasteiger charge is -2.27. The van der Waals surface area contributed by atoms with Gasteiger partial charge < -0.3 is 10.2 Å². The number of halogens is 2. The minimum absolute atomic E-state index is 0.144. The maximum Gasteiger partial charge on any atom is 0.236 e. The number of rotatable bonds is 6. The average Bonchev–Trinajstić information content (AvgIpc) is 3.23. The Morgan fingerprint density at radius 1 is 1.13 bits per heavy atom. The van der Waals surface area contributed by atoms with Crippen molar-refractivity contribution in [2.24, 2.45) is 0 Å². The summed E-state index contributed by atoms with van der Waals surface area (Å²) in [5.74, 6) is 1.02. The van der Waals surface area contributed by atoms with Crippen LogP contribution in [0, 0.1) is 6.92 Å². The van der Waals surface area contributed by atoms with Crippen LogP contribution in [0.1, 0.15) is 24.8 Å². The fourth-order valence-corrected chi connectivity index (χ4v) is 4.54. The number of nitrogens with one attached hydrogen (secondary N) is 1. The summed E-state index contributed by atoms with van der Waals surface area (Å²) in [5, 5.41) is 13.0. The number of piperidine rings is 1. The molecule has 0 bridgehead atoms. The van der Waals surface area contributed by atoms with Crippen LogP contribution < -0.4 is 10.2 Å². The van der Waals surface area contributed by atoms with Gasteiger partial charge in [0.05, 0.1) is 21.5 Å². The molecule has 31 heavy (non-hydrogen) atoms. The highest BCUT2D eigenvalue weighted by Gasteiger charge is 2.22. The quantitative estimate of drug-likeness (QED) is 0.504. The van der Waals surface area contributed by atoms with Crippen LogP contribution in [0.4, 0.5) is 11.8 Å². The fraction of sp³-hybridized carbons (Fsp3) is 0.333. The highest BCUT2D eigenvalue weighted by Crippen LogP contribution is 2.30. The molecule has 162 valence electrons. The molecule has 0 aliphatic carbocycles. The summed E-state index contributed by atoms with van der Waals surface area (Å²) >= 11 is 13.6. The first-order valence-electron chi connectivity index (χ1n) is 10.0. The Morgan fingerprint density at radius 3 is 2.61 bits per heavy atom. The van der Waals surface area contributed by atoms with Crippen LogP contribution in [0.25, 0.3) is 5.69 Å². The van der Waals surface area contributed by atoms with Crippen LogP contribution in [0.3, 0.4) is 0 Å². The molecule has 1 aliphatic rings. The van der Waals surface area contributed by atoms with Gasteiger partial charge in [-0.25, -0.2) is 4.98 Å². The number of pyridine rings is 1. The largest absolute Gasteiger partial charge is 0.341 e. The van der Waals surface area contributed by atoms with Gasteiger partial charge in [0.1, 0.15) is 0 Å².